The minimum atomic E-state index is -0.497. The number of aromatic nitrogens is 2. The van der Waals surface area contributed by atoms with E-state index in [9.17, 15) is 4.79 Å². The fraction of sp³-hybridized carbons (Fsp3) is 0.714. The van der Waals surface area contributed by atoms with Crippen LogP contribution in [0.1, 0.15) is 38.4 Å². The van der Waals surface area contributed by atoms with Crippen LogP contribution < -0.4 is 0 Å². The van der Waals surface area contributed by atoms with Crippen LogP contribution in [-0.4, -0.2) is 32.4 Å². The zero-order chi connectivity index (χ0) is 14.4. The molecule has 1 atom stereocenters. The summed E-state index contributed by atoms with van der Waals surface area (Å²) in [6.45, 7) is 5.12. The van der Waals surface area contributed by atoms with Crippen molar-refractivity contribution in [1.82, 2.24) is 9.78 Å². The fourth-order valence-electron chi connectivity index (χ4n) is 3.46. The van der Waals surface area contributed by atoms with Crippen LogP contribution in [0.3, 0.4) is 0 Å². The molecule has 1 aliphatic carbocycles. The lowest BCUT2D eigenvalue weighted by molar-refractivity contribution is -0.161. The maximum Gasteiger partial charge on any atom is 0.315 e. The van der Waals surface area contributed by atoms with Crippen LogP contribution >= 0.6 is 22.6 Å². The first-order valence-electron chi connectivity index (χ1n) is 7.02. The first kappa shape index (κ1) is 14.3. The molecule has 5 nitrogen and oxygen atoms in total. The number of halogens is 1. The molecule has 3 heterocycles. The molecule has 1 aromatic rings. The van der Waals surface area contributed by atoms with E-state index in [1.54, 1.807) is 0 Å². The summed E-state index contributed by atoms with van der Waals surface area (Å²) < 4.78 is 14.3. The Hall–Kier alpha value is -0.630. The third-order valence-corrected chi connectivity index (χ3v) is 5.74. The maximum absolute atomic E-state index is 12.4. The first-order chi connectivity index (χ1) is 9.59. The van der Waals surface area contributed by atoms with Gasteiger partial charge in [-0.05, 0) is 26.7 Å². The molecule has 3 aliphatic rings. The highest BCUT2D eigenvalue weighted by atomic mass is 127. The summed E-state index contributed by atoms with van der Waals surface area (Å²) >= 11 is 2.34. The Morgan fingerprint density at radius 3 is 2.90 bits per heavy atom. The van der Waals surface area contributed by atoms with Crippen molar-refractivity contribution in [1.29, 1.82) is 0 Å². The van der Waals surface area contributed by atoms with E-state index < -0.39 is 5.41 Å². The normalized spacial score (nSPS) is 34.9. The molecule has 0 spiro atoms. The van der Waals surface area contributed by atoms with Gasteiger partial charge in [0, 0.05) is 22.7 Å². The molecule has 2 bridgehead atoms. The number of fused-ring (bicyclic) bond motifs is 1. The van der Waals surface area contributed by atoms with Crippen LogP contribution in [0.15, 0.2) is 12.4 Å². The summed E-state index contributed by atoms with van der Waals surface area (Å²) in [4.78, 5) is 12.4. The molecule has 0 amide bonds. The number of carbonyl (C=O) groups is 1. The Balaban J connectivity index is 1.90. The average molecular weight is 390 g/mol. The molecule has 1 aromatic heterocycles. The van der Waals surface area contributed by atoms with Crippen LogP contribution in [-0.2, 0) is 20.8 Å². The van der Waals surface area contributed by atoms with Crippen molar-refractivity contribution in [2.45, 2.75) is 44.9 Å². The summed E-state index contributed by atoms with van der Waals surface area (Å²) in [5.41, 5.74) is 0.346. The van der Waals surface area contributed by atoms with Gasteiger partial charge < -0.3 is 9.47 Å². The van der Waals surface area contributed by atoms with Gasteiger partial charge in [-0.2, -0.15) is 5.10 Å². The molecule has 1 saturated carbocycles. The second-order valence-corrected chi connectivity index (χ2v) is 6.44. The van der Waals surface area contributed by atoms with E-state index in [1.165, 1.54) is 0 Å². The fourth-order valence-corrected chi connectivity index (χ4v) is 4.18. The molecule has 0 N–H and O–H groups in total. The molecular weight excluding hydrogens is 371 g/mol. The van der Waals surface area contributed by atoms with E-state index in [0.717, 1.165) is 29.4 Å². The second kappa shape index (κ2) is 4.98. The molecule has 2 saturated heterocycles. The molecule has 6 heteroatoms. The Labute approximate surface area is 132 Å². The number of nitrogens with zero attached hydrogens (tertiary/aromatic N) is 2. The first-order valence-corrected chi connectivity index (χ1v) is 8.55. The molecule has 0 radical (unpaired) electrons. The third-order valence-electron chi connectivity index (χ3n) is 4.35. The van der Waals surface area contributed by atoms with Gasteiger partial charge in [-0.15, -0.1) is 0 Å². The number of ether oxygens (including phenoxy) is 2. The van der Waals surface area contributed by atoms with Gasteiger partial charge in [-0.1, -0.05) is 22.6 Å². The quantitative estimate of drug-likeness (QED) is 0.441. The van der Waals surface area contributed by atoms with Gasteiger partial charge in [0.1, 0.15) is 11.5 Å². The summed E-state index contributed by atoms with van der Waals surface area (Å²) in [7, 11) is 0. The summed E-state index contributed by atoms with van der Waals surface area (Å²) in [5.74, 6) is -0.118. The van der Waals surface area contributed by atoms with Crippen molar-refractivity contribution in [3.63, 3.8) is 0 Å². The molecule has 20 heavy (non-hydrogen) atoms. The second-order valence-electron chi connectivity index (χ2n) is 5.67. The van der Waals surface area contributed by atoms with Gasteiger partial charge >= 0.3 is 5.97 Å². The van der Waals surface area contributed by atoms with Gasteiger partial charge in [0.15, 0.2) is 0 Å². The lowest BCUT2D eigenvalue weighted by Crippen LogP contribution is -2.50. The van der Waals surface area contributed by atoms with E-state index in [2.05, 4.69) is 27.7 Å². The van der Waals surface area contributed by atoms with Crippen LogP contribution in [0.4, 0.5) is 0 Å². The van der Waals surface area contributed by atoms with Gasteiger partial charge in [-0.3, -0.25) is 9.48 Å². The highest BCUT2D eigenvalue weighted by Gasteiger charge is 2.72. The monoisotopic (exact) mass is 390 g/mol. The van der Waals surface area contributed by atoms with Crippen LogP contribution in [0.25, 0.3) is 0 Å². The van der Waals surface area contributed by atoms with Gasteiger partial charge in [0.2, 0.25) is 0 Å². The minimum absolute atomic E-state index is 0.118. The number of aryl methyl sites for hydroxylation is 1. The van der Waals surface area contributed by atoms with Crippen molar-refractivity contribution in [3.8, 4) is 0 Å². The predicted octanol–water partition coefficient (Wildman–Crippen LogP) is 2.49. The minimum Gasteiger partial charge on any atom is -0.465 e. The third kappa shape index (κ3) is 1.91. The van der Waals surface area contributed by atoms with Crippen LogP contribution in [0.5, 0.6) is 0 Å². The zero-order valence-corrected chi connectivity index (χ0v) is 13.9. The largest absolute Gasteiger partial charge is 0.465 e. The lowest BCUT2D eigenvalue weighted by atomic mass is 9.60. The maximum atomic E-state index is 12.4. The van der Waals surface area contributed by atoms with Crippen molar-refractivity contribution in [2.75, 3.05) is 11.0 Å². The molecule has 1 unspecified atom stereocenters. The highest BCUT2D eigenvalue weighted by Crippen LogP contribution is 2.68. The van der Waals surface area contributed by atoms with E-state index in [-0.39, 0.29) is 17.7 Å². The Morgan fingerprint density at radius 1 is 1.60 bits per heavy atom. The van der Waals surface area contributed by atoms with Crippen molar-refractivity contribution < 1.29 is 14.3 Å². The van der Waals surface area contributed by atoms with Crippen molar-refractivity contribution in [3.05, 3.63) is 18.0 Å². The van der Waals surface area contributed by atoms with Gasteiger partial charge in [0.25, 0.3) is 0 Å². The Kier molecular flexibility index (Phi) is 3.56. The van der Waals surface area contributed by atoms with Crippen molar-refractivity contribution >= 4 is 28.6 Å². The van der Waals surface area contributed by atoms with E-state index in [4.69, 9.17) is 9.47 Å². The smallest absolute Gasteiger partial charge is 0.315 e. The number of esters is 1. The molecule has 2 aliphatic heterocycles. The lowest BCUT2D eigenvalue weighted by Gasteiger charge is -2.42. The van der Waals surface area contributed by atoms with E-state index in [0.29, 0.717) is 6.61 Å². The summed E-state index contributed by atoms with van der Waals surface area (Å²) in [6, 6.07) is 0. The number of alkyl halides is 1. The van der Waals surface area contributed by atoms with E-state index in [1.807, 2.05) is 30.9 Å². The SMILES string of the molecule is CCOC(=O)C12CC(CI)(C1)OC2c1cnn(CC)c1. The standard InChI is InChI=1S/C14H19IN2O3/c1-3-17-6-10(5-16-17)11-14(12(18)19-4-2)7-13(8-14,9-15)20-11/h5-6,11H,3-4,7-9H2,1-2H3. The van der Waals surface area contributed by atoms with Crippen molar-refractivity contribution in [2.24, 2.45) is 5.41 Å². The highest BCUT2D eigenvalue weighted by molar-refractivity contribution is 14.1. The average Bonchev–Trinajstić information content (AvgIpc) is 3.08. The number of carbonyl (C=O) groups excluding carboxylic acids is 1. The van der Waals surface area contributed by atoms with Gasteiger partial charge in [-0.25, -0.2) is 0 Å². The molecule has 110 valence electrons. The van der Waals surface area contributed by atoms with Gasteiger partial charge in [0.05, 0.1) is 18.4 Å². The molecule has 4 rings (SSSR count). The molecular formula is C14H19IN2O3. The Bertz CT molecular complexity index is 522. The number of rotatable bonds is 5. The summed E-state index contributed by atoms with van der Waals surface area (Å²) in [6.07, 6.45) is 5.12. The Morgan fingerprint density at radius 2 is 2.35 bits per heavy atom. The zero-order valence-electron chi connectivity index (χ0n) is 11.8. The predicted molar refractivity (Wildman–Crippen MR) is 81.6 cm³/mol. The molecule has 0 aromatic carbocycles. The number of hydrogen-bond acceptors (Lipinski definition) is 4. The topological polar surface area (TPSA) is 53.4 Å². The molecule has 3 fully saturated rings. The van der Waals surface area contributed by atoms with Crippen LogP contribution in [0, 0.1) is 5.41 Å². The van der Waals surface area contributed by atoms with E-state index >= 15 is 0 Å². The number of hydrogen-bond donors (Lipinski definition) is 0. The summed E-state index contributed by atoms with van der Waals surface area (Å²) in [5, 5.41) is 4.30. The van der Waals surface area contributed by atoms with Crippen LogP contribution in [0.2, 0.25) is 0 Å².